The van der Waals surface area contributed by atoms with Gasteiger partial charge in [-0.3, -0.25) is 4.79 Å². The van der Waals surface area contributed by atoms with E-state index in [1.54, 1.807) is 18.9 Å². The lowest BCUT2D eigenvalue weighted by atomic mass is 10.1. The van der Waals surface area contributed by atoms with E-state index >= 15 is 0 Å². The third-order valence-corrected chi connectivity index (χ3v) is 6.04. The van der Waals surface area contributed by atoms with Crippen LogP contribution in [0.1, 0.15) is 20.9 Å². The summed E-state index contributed by atoms with van der Waals surface area (Å²) in [7, 11) is 1.67. The molecule has 1 aromatic heterocycles. The largest absolute Gasteiger partial charge is 0.486 e. The number of likely N-dealkylation sites (N-methyl/N-ethyl adjacent to an activating group) is 1. The molecule has 2 heterocycles. The van der Waals surface area contributed by atoms with E-state index in [1.807, 2.05) is 24.3 Å². The first-order valence-corrected chi connectivity index (χ1v) is 10.3. The van der Waals surface area contributed by atoms with Crippen molar-refractivity contribution in [1.82, 2.24) is 9.88 Å². The van der Waals surface area contributed by atoms with Crippen LogP contribution in [-0.2, 0) is 6.18 Å². The molecule has 0 saturated carbocycles. The van der Waals surface area contributed by atoms with E-state index in [9.17, 15) is 18.0 Å². The first-order valence-electron chi connectivity index (χ1n) is 9.51. The first kappa shape index (κ1) is 21.2. The van der Waals surface area contributed by atoms with E-state index in [4.69, 9.17) is 9.47 Å². The van der Waals surface area contributed by atoms with Gasteiger partial charge in [0.05, 0.1) is 17.8 Å². The summed E-state index contributed by atoms with van der Waals surface area (Å²) in [6.07, 6.45) is -4.71. The Labute approximate surface area is 181 Å². The van der Waals surface area contributed by atoms with E-state index < -0.39 is 11.7 Å². The van der Waals surface area contributed by atoms with Gasteiger partial charge in [0.15, 0.2) is 17.6 Å². The molecule has 0 N–H and O–H groups in total. The molecular weight excluding hydrogens is 429 g/mol. The lowest BCUT2D eigenvalue weighted by Crippen LogP contribution is -2.41. The maximum absolute atomic E-state index is 13.0. The highest BCUT2D eigenvalue weighted by Crippen LogP contribution is 2.34. The second-order valence-electron chi connectivity index (χ2n) is 7.19. The molecule has 9 heteroatoms. The molecule has 31 heavy (non-hydrogen) atoms. The summed E-state index contributed by atoms with van der Waals surface area (Å²) in [5.74, 6) is 1.08. The lowest BCUT2D eigenvalue weighted by molar-refractivity contribution is -0.137. The average Bonchev–Trinajstić information content (AvgIpc) is 3.14. The van der Waals surface area contributed by atoms with E-state index in [0.717, 1.165) is 23.5 Å². The van der Waals surface area contributed by atoms with Gasteiger partial charge < -0.3 is 14.4 Å². The molecule has 0 fully saturated rings. The summed E-state index contributed by atoms with van der Waals surface area (Å²) >= 11 is 1.16. The Balaban J connectivity index is 1.46. The molecule has 0 radical (unpaired) electrons. The summed E-state index contributed by atoms with van der Waals surface area (Å²) in [6, 6.07) is 12.1. The number of nitrogens with zero attached hydrogens (tertiary/aromatic N) is 2. The standard InChI is InChI=1S/C22H19F3N2O3S/c1-13-19(31-20(26-13)14-7-9-15(10-8-14)22(23,24)25)21(28)27(2)11-16-12-29-17-5-3-4-6-18(17)30-16/h3-10,16H,11-12H2,1-2H3/t16-/m1/s1. The topological polar surface area (TPSA) is 51.7 Å². The second kappa shape index (κ2) is 8.22. The molecule has 0 spiro atoms. The highest BCUT2D eigenvalue weighted by molar-refractivity contribution is 7.17. The lowest BCUT2D eigenvalue weighted by Gasteiger charge is -2.29. The number of carbonyl (C=O) groups is 1. The molecule has 162 valence electrons. The molecule has 0 unspecified atom stereocenters. The number of amides is 1. The van der Waals surface area contributed by atoms with E-state index in [-0.39, 0.29) is 12.0 Å². The van der Waals surface area contributed by atoms with Crippen molar-refractivity contribution >= 4 is 17.2 Å². The molecular formula is C22H19F3N2O3S. The zero-order chi connectivity index (χ0) is 22.2. The fourth-order valence-corrected chi connectivity index (χ4v) is 4.30. The van der Waals surface area contributed by atoms with Crippen LogP contribution in [0.2, 0.25) is 0 Å². The number of hydrogen-bond acceptors (Lipinski definition) is 5. The number of halogens is 3. The van der Waals surface area contributed by atoms with Crippen molar-refractivity contribution in [2.75, 3.05) is 20.2 Å². The van der Waals surface area contributed by atoms with Gasteiger partial charge >= 0.3 is 6.18 Å². The number of thiazole rings is 1. The van der Waals surface area contributed by atoms with Gasteiger partial charge in [-0.05, 0) is 31.2 Å². The Morgan fingerprint density at radius 2 is 1.84 bits per heavy atom. The van der Waals surface area contributed by atoms with Crippen molar-refractivity contribution in [3.05, 3.63) is 64.7 Å². The number of hydrogen-bond donors (Lipinski definition) is 0. The minimum absolute atomic E-state index is 0.226. The van der Waals surface area contributed by atoms with Crippen LogP contribution in [0.5, 0.6) is 11.5 Å². The fourth-order valence-electron chi connectivity index (χ4n) is 3.23. The predicted octanol–water partition coefficient (Wildman–Crippen LogP) is 5.05. The van der Waals surface area contributed by atoms with Crippen LogP contribution in [-0.4, -0.2) is 42.1 Å². The van der Waals surface area contributed by atoms with Crippen LogP contribution >= 0.6 is 11.3 Å². The number of benzene rings is 2. The number of alkyl halides is 3. The summed E-state index contributed by atoms with van der Waals surface area (Å²) in [4.78, 5) is 19.3. The highest BCUT2D eigenvalue weighted by atomic mass is 32.1. The molecule has 1 aliphatic heterocycles. The first-order chi connectivity index (χ1) is 14.7. The Morgan fingerprint density at radius 1 is 1.16 bits per heavy atom. The Hall–Kier alpha value is -3.07. The van der Waals surface area contributed by atoms with Crippen molar-refractivity contribution in [2.24, 2.45) is 0 Å². The van der Waals surface area contributed by atoms with E-state index in [0.29, 0.717) is 45.8 Å². The van der Waals surface area contributed by atoms with Gasteiger partial charge in [0.1, 0.15) is 16.5 Å². The molecule has 2 aromatic carbocycles. The zero-order valence-corrected chi connectivity index (χ0v) is 17.6. The highest BCUT2D eigenvalue weighted by Gasteiger charge is 2.30. The Bertz CT molecular complexity index is 1100. The van der Waals surface area contributed by atoms with E-state index in [1.165, 1.54) is 12.1 Å². The fraction of sp³-hybridized carbons (Fsp3) is 0.273. The monoisotopic (exact) mass is 448 g/mol. The number of fused-ring (bicyclic) bond motifs is 1. The van der Waals surface area contributed by atoms with Crippen LogP contribution in [0.15, 0.2) is 48.5 Å². The van der Waals surface area contributed by atoms with Crippen LogP contribution < -0.4 is 9.47 Å². The third kappa shape index (κ3) is 4.51. The SMILES string of the molecule is Cc1nc(-c2ccc(C(F)(F)F)cc2)sc1C(=O)N(C)C[C@@H]1COc2ccccc2O1. The van der Waals surface area contributed by atoms with Gasteiger partial charge in [-0.1, -0.05) is 24.3 Å². The second-order valence-corrected chi connectivity index (χ2v) is 8.19. The number of aromatic nitrogens is 1. The van der Waals surface area contributed by atoms with Crippen LogP contribution in [0, 0.1) is 6.92 Å². The zero-order valence-electron chi connectivity index (χ0n) is 16.8. The number of aryl methyl sites for hydroxylation is 1. The van der Waals surface area contributed by atoms with Crippen LogP contribution in [0.4, 0.5) is 13.2 Å². The summed E-state index contributed by atoms with van der Waals surface area (Å²) in [5, 5.41) is 0.495. The predicted molar refractivity (Wildman–Crippen MR) is 111 cm³/mol. The molecule has 3 aromatic rings. The number of rotatable bonds is 4. The van der Waals surface area contributed by atoms with Crippen molar-refractivity contribution < 1.29 is 27.4 Å². The van der Waals surface area contributed by atoms with Crippen molar-refractivity contribution in [3.8, 4) is 22.1 Å². The molecule has 0 saturated heterocycles. The van der Waals surface area contributed by atoms with Gasteiger partial charge in [0, 0.05) is 12.6 Å². The van der Waals surface area contributed by atoms with Gasteiger partial charge in [-0.2, -0.15) is 13.2 Å². The number of ether oxygens (including phenoxy) is 2. The quantitative estimate of drug-likeness (QED) is 0.561. The molecule has 5 nitrogen and oxygen atoms in total. The molecule has 1 aliphatic rings. The molecule has 4 rings (SSSR count). The van der Waals surface area contributed by atoms with E-state index in [2.05, 4.69) is 4.98 Å². The van der Waals surface area contributed by atoms with Crippen molar-refractivity contribution in [3.63, 3.8) is 0 Å². The van der Waals surface area contributed by atoms with Crippen molar-refractivity contribution in [1.29, 1.82) is 0 Å². The summed E-state index contributed by atoms with van der Waals surface area (Å²) in [5.41, 5.74) is 0.336. The average molecular weight is 448 g/mol. The minimum Gasteiger partial charge on any atom is -0.486 e. The van der Waals surface area contributed by atoms with Crippen molar-refractivity contribution in [2.45, 2.75) is 19.2 Å². The normalized spacial score (nSPS) is 15.6. The maximum atomic E-state index is 13.0. The maximum Gasteiger partial charge on any atom is 0.416 e. The Morgan fingerprint density at radius 3 is 2.52 bits per heavy atom. The smallest absolute Gasteiger partial charge is 0.416 e. The van der Waals surface area contributed by atoms with Gasteiger partial charge in [-0.25, -0.2) is 4.98 Å². The molecule has 0 bridgehead atoms. The molecule has 1 atom stereocenters. The van der Waals surface area contributed by atoms with Crippen LogP contribution in [0.25, 0.3) is 10.6 Å². The van der Waals surface area contributed by atoms with Gasteiger partial charge in [-0.15, -0.1) is 11.3 Å². The van der Waals surface area contributed by atoms with Crippen LogP contribution in [0.3, 0.4) is 0 Å². The minimum atomic E-state index is -4.40. The Kier molecular flexibility index (Phi) is 5.62. The third-order valence-electron chi connectivity index (χ3n) is 4.84. The number of carbonyl (C=O) groups excluding carboxylic acids is 1. The summed E-state index contributed by atoms with van der Waals surface area (Å²) in [6.45, 7) is 2.36. The van der Waals surface area contributed by atoms with Gasteiger partial charge in [0.2, 0.25) is 0 Å². The molecule has 1 amide bonds. The number of para-hydroxylation sites is 2. The summed E-state index contributed by atoms with van der Waals surface area (Å²) < 4.78 is 49.9. The van der Waals surface area contributed by atoms with Gasteiger partial charge in [0.25, 0.3) is 5.91 Å². The molecule has 0 aliphatic carbocycles.